The summed E-state index contributed by atoms with van der Waals surface area (Å²) in [4.78, 5) is 0. The van der Waals surface area contributed by atoms with Crippen molar-refractivity contribution in [1.29, 1.82) is 0 Å². The predicted molar refractivity (Wildman–Crippen MR) is 217 cm³/mol. The van der Waals surface area contributed by atoms with Crippen molar-refractivity contribution in [2.45, 2.75) is 194 Å². The molecule has 0 spiro atoms. The second kappa shape index (κ2) is 20.1. The average Bonchev–Trinajstić information content (AvgIpc) is 3.96. The Hall–Kier alpha value is 0.0834. The van der Waals surface area contributed by atoms with Crippen molar-refractivity contribution in [3.63, 3.8) is 0 Å². The molecule has 8 unspecified atom stereocenters. The maximum Gasteiger partial charge on any atom is 0.460 e. The largest absolute Gasteiger partial charge is 0.460 e. The van der Waals surface area contributed by atoms with Crippen LogP contribution in [0.5, 0.6) is 0 Å². The number of hydrogen-bond acceptors (Lipinski definition) is 9. The third-order valence-electron chi connectivity index (χ3n) is 16.3. The molecule has 0 aromatic carbocycles. The van der Waals surface area contributed by atoms with Crippen molar-refractivity contribution in [1.82, 2.24) is 42.5 Å². The molecule has 368 valence electrons. The monoisotopic (exact) mass is 1110 g/mol. The number of rotatable bonds is 6. The van der Waals surface area contributed by atoms with Gasteiger partial charge in [0.05, 0.1) is 49.3 Å². The summed E-state index contributed by atoms with van der Waals surface area (Å²) in [5.41, 5.74) is 4.34. The average molecular weight is 1110 g/mol. The van der Waals surface area contributed by atoms with Gasteiger partial charge in [0, 0.05) is 25.9 Å². The minimum absolute atomic E-state index is 0. The maximum atomic E-state index is 12.8. The van der Waals surface area contributed by atoms with Gasteiger partial charge in [0.25, 0.3) is 0 Å². The van der Waals surface area contributed by atoms with Crippen molar-refractivity contribution in [2.24, 2.45) is 53.1 Å². The molecule has 9 aliphatic rings. The molecule has 5 aliphatic heterocycles. The van der Waals surface area contributed by atoms with Crippen LogP contribution in [0.15, 0.2) is 0 Å². The second-order valence-corrected chi connectivity index (χ2v) is 19.6. The summed E-state index contributed by atoms with van der Waals surface area (Å²) >= 11 is 0. The molecule has 9 nitrogen and oxygen atoms in total. The molecule has 9 rings (SSSR count). The Kier molecular flexibility index (Phi) is 16.8. The van der Waals surface area contributed by atoms with Gasteiger partial charge >= 0.3 is 35.8 Å². The van der Waals surface area contributed by atoms with Crippen LogP contribution in [0, 0.1) is 47.3 Å². The van der Waals surface area contributed by atoms with Crippen LogP contribution in [-0.2, 0) is 19.5 Å². The molecule has 5 saturated heterocycles. The topological polar surface area (TPSA) is 122 Å². The molecule has 24 heteroatoms. The first kappa shape index (κ1) is 53.4. The third kappa shape index (κ3) is 9.39. The molecule has 0 aromatic rings. The van der Waals surface area contributed by atoms with E-state index in [0.29, 0.717) is 49.3 Å². The Bertz CT molecular complexity index is 1350. The van der Waals surface area contributed by atoms with Gasteiger partial charge in [0.2, 0.25) is 0 Å². The van der Waals surface area contributed by atoms with E-state index in [0.717, 1.165) is 47.3 Å². The first-order valence-electron chi connectivity index (χ1n) is 22.9. The summed E-state index contributed by atoms with van der Waals surface area (Å²) in [6, 6.07) is 0. The van der Waals surface area contributed by atoms with E-state index in [4.69, 9.17) is 0 Å². The number of hydrogen-bond donors (Lipinski definition) is 9. The number of nitrogens with two attached hydrogens (primary N) is 1. The van der Waals surface area contributed by atoms with Crippen LogP contribution in [0.25, 0.3) is 0 Å². The molecule has 0 amide bonds. The van der Waals surface area contributed by atoms with E-state index < -0.39 is 48.8 Å². The zero-order chi connectivity index (χ0) is 44.6. The van der Waals surface area contributed by atoms with Crippen molar-refractivity contribution in [3.05, 3.63) is 0 Å². The normalized spacial score (nSPS) is 41.5. The van der Waals surface area contributed by atoms with E-state index in [1.807, 2.05) is 0 Å². The molecular formula is C40H63F13IN9Zn. The molecule has 8 atom stereocenters. The van der Waals surface area contributed by atoms with Crippen LogP contribution >= 0.6 is 24.0 Å². The molecule has 8 bridgehead atoms. The van der Waals surface area contributed by atoms with E-state index in [2.05, 4.69) is 48.3 Å². The van der Waals surface area contributed by atoms with E-state index >= 15 is 0 Å². The molecule has 4 aliphatic carbocycles. The van der Waals surface area contributed by atoms with Crippen LogP contribution in [0.2, 0.25) is 0 Å². The number of halogens is 14. The van der Waals surface area contributed by atoms with Gasteiger partial charge in [-0.3, -0.25) is 42.5 Å². The summed E-state index contributed by atoms with van der Waals surface area (Å²) < 4.78 is 162. The van der Waals surface area contributed by atoms with Gasteiger partial charge in [0.15, 0.2) is 0 Å². The summed E-state index contributed by atoms with van der Waals surface area (Å²) in [7, 11) is 0. The number of nitrogens with one attached hydrogen (secondary N) is 8. The smallest absolute Gasteiger partial charge is 0.330 e. The van der Waals surface area contributed by atoms with E-state index in [9.17, 15) is 57.1 Å². The molecule has 10 N–H and O–H groups in total. The van der Waals surface area contributed by atoms with E-state index in [1.54, 1.807) is 0 Å². The van der Waals surface area contributed by atoms with Crippen LogP contribution in [0.3, 0.4) is 0 Å². The van der Waals surface area contributed by atoms with Gasteiger partial charge in [-0.15, -0.1) is 24.0 Å². The van der Waals surface area contributed by atoms with Crippen LogP contribution in [0.1, 0.15) is 109 Å². The van der Waals surface area contributed by atoms with Gasteiger partial charge < -0.3 is 5.73 Å². The second-order valence-electron chi connectivity index (χ2n) is 19.6. The van der Waals surface area contributed by atoms with Crippen LogP contribution in [-0.4, -0.2) is 91.7 Å². The predicted octanol–water partition coefficient (Wildman–Crippen LogP) is 7.30. The fourth-order valence-corrected chi connectivity index (χ4v) is 13.1. The zero-order valence-electron chi connectivity index (χ0n) is 35.6. The summed E-state index contributed by atoms with van der Waals surface area (Å²) in [5, 5.41) is 33.8. The van der Waals surface area contributed by atoms with E-state index in [1.165, 1.54) is 103 Å². The standard InChI is InChI=1S/C32H56N8.C8H6F13N.HI.Zn/c1-2-10-18-17(9-1)25-33-26(18)38-28-21-13-5-6-14-22(21)30(35-28)40-32-24-16-8-7-15-23(24)31(36-32)39-29-20-12-4-3-11-19(20)27(34-29)37-25;9-3(10,1-2-22)4(11,12)5(13,14)6(15,16)7(17,18)8(19,20)21;;/h17-40H,1-16H2;1-2,22H2;1H;. The molecule has 9 fully saturated rings. The van der Waals surface area contributed by atoms with Gasteiger partial charge in [-0.2, -0.15) is 57.1 Å². The zero-order valence-corrected chi connectivity index (χ0v) is 40.9. The van der Waals surface area contributed by atoms with E-state index in [-0.39, 0.29) is 43.5 Å². The minimum atomic E-state index is -7.85. The molecule has 0 aromatic heterocycles. The summed E-state index contributed by atoms with van der Waals surface area (Å²) in [6.07, 6.45) is 15.8. The Morgan fingerprint density at radius 2 is 0.516 bits per heavy atom. The Labute approximate surface area is 395 Å². The van der Waals surface area contributed by atoms with Gasteiger partial charge in [-0.1, -0.05) is 51.4 Å². The summed E-state index contributed by atoms with van der Waals surface area (Å²) in [5.74, 6) is -30.6. The van der Waals surface area contributed by atoms with Gasteiger partial charge in [-0.05, 0) is 105 Å². The maximum absolute atomic E-state index is 12.8. The summed E-state index contributed by atoms with van der Waals surface area (Å²) in [6.45, 7) is -1.46. The third-order valence-corrected chi connectivity index (χ3v) is 16.3. The fourth-order valence-electron chi connectivity index (χ4n) is 13.1. The molecule has 0 radical (unpaired) electrons. The molecule has 64 heavy (non-hydrogen) atoms. The Morgan fingerprint density at radius 3 is 0.688 bits per heavy atom. The van der Waals surface area contributed by atoms with Crippen molar-refractivity contribution >= 4 is 24.0 Å². The Morgan fingerprint density at radius 1 is 0.328 bits per heavy atom. The van der Waals surface area contributed by atoms with Crippen LogP contribution < -0.4 is 48.3 Å². The number of alkyl halides is 13. The van der Waals surface area contributed by atoms with Crippen LogP contribution in [0.4, 0.5) is 57.1 Å². The first-order valence-corrected chi connectivity index (χ1v) is 22.9. The van der Waals surface area contributed by atoms with Crippen molar-refractivity contribution in [3.8, 4) is 0 Å². The SMILES string of the molecule is C1CCC2C3NC(NC4NC(NC5NC(NC6NC(N3)C3CCCCC63)C3CCCCC53)C3CCCCC43)C2C1.I.NCCC(F)(F)C(F)(F)C(F)(F)C(F)(F)C(F)(F)C(F)(F)F.[Zn]. The van der Waals surface area contributed by atoms with Gasteiger partial charge in [0.1, 0.15) is 0 Å². The molecule has 5 heterocycles. The number of fused-ring (bicyclic) bond motifs is 20. The van der Waals surface area contributed by atoms with Crippen molar-refractivity contribution in [2.75, 3.05) is 6.54 Å². The minimum Gasteiger partial charge on any atom is -0.330 e. The molecule has 4 saturated carbocycles. The van der Waals surface area contributed by atoms with Crippen molar-refractivity contribution < 1.29 is 76.6 Å². The Balaban J connectivity index is 0.000000246. The fraction of sp³-hybridized carbons (Fsp3) is 1.00. The molecular weight excluding hydrogens is 1050 g/mol. The van der Waals surface area contributed by atoms with Gasteiger partial charge in [-0.25, -0.2) is 0 Å². The quantitative estimate of drug-likeness (QED) is 0.0768. The first-order chi connectivity index (χ1) is 29.1.